The third kappa shape index (κ3) is 4.53. The maximum absolute atomic E-state index is 13.5. The second kappa shape index (κ2) is 10.3. The summed E-state index contributed by atoms with van der Waals surface area (Å²) < 4.78 is 14.8. The van der Waals surface area contributed by atoms with Crippen LogP contribution in [0.2, 0.25) is 0 Å². The summed E-state index contributed by atoms with van der Waals surface area (Å²) in [7, 11) is 0. The standard InChI is InChI=1S/C31H22N6O5S/c1-3-41-25-14-13-19(15-23(25)37(39)40)27-20(17-35(33-27)21-9-5-4-6-10-21)16-26-30(38)36-31(43-26)32-29(34-36)28-18(2)22-11-7-8-12-24(22)42-28/h4-17H,3H2,1-2H3. The van der Waals surface area contributed by atoms with E-state index in [1.54, 1.807) is 36.0 Å². The Labute approximate surface area is 247 Å². The lowest BCUT2D eigenvalue weighted by Gasteiger charge is -2.06. The van der Waals surface area contributed by atoms with E-state index in [9.17, 15) is 14.9 Å². The molecular formula is C31H22N6O5S. The monoisotopic (exact) mass is 590 g/mol. The van der Waals surface area contributed by atoms with Crippen LogP contribution in [0, 0.1) is 17.0 Å². The molecule has 0 fully saturated rings. The van der Waals surface area contributed by atoms with E-state index >= 15 is 0 Å². The van der Waals surface area contributed by atoms with Gasteiger partial charge in [0.05, 0.1) is 21.7 Å². The Bertz CT molecular complexity index is 2280. The number of hydrogen-bond donors (Lipinski definition) is 0. The SMILES string of the molecule is CCOc1ccc(-c2nn(-c3ccccc3)cc2C=c2sc3nc(-c4oc5ccccc5c4C)nn3c2=O)cc1[N+](=O)[O-]. The lowest BCUT2D eigenvalue weighted by atomic mass is 10.1. The summed E-state index contributed by atoms with van der Waals surface area (Å²) in [5.74, 6) is 1.03. The molecule has 0 amide bonds. The molecule has 7 rings (SSSR count). The van der Waals surface area contributed by atoms with Gasteiger partial charge in [0.25, 0.3) is 5.56 Å². The molecule has 43 heavy (non-hydrogen) atoms. The van der Waals surface area contributed by atoms with Crippen molar-refractivity contribution in [1.29, 1.82) is 0 Å². The molecular weight excluding hydrogens is 568 g/mol. The predicted octanol–water partition coefficient (Wildman–Crippen LogP) is 5.58. The molecule has 212 valence electrons. The Hall–Kier alpha value is -5.62. The summed E-state index contributed by atoms with van der Waals surface area (Å²) in [6, 6.07) is 21.8. The van der Waals surface area contributed by atoms with E-state index in [2.05, 4.69) is 10.1 Å². The van der Waals surface area contributed by atoms with Crippen molar-refractivity contribution in [2.75, 3.05) is 6.61 Å². The molecule has 4 aromatic heterocycles. The first-order valence-electron chi connectivity index (χ1n) is 13.4. The van der Waals surface area contributed by atoms with Crippen LogP contribution in [0.3, 0.4) is 0 Å². The average Bonchev–Trinajstić information content (AvgIpc) is 3.78. The molecule has 0 bridgehead atoms. The minimum absolute atomic E-state index is 0.170. The largest absolute Gasteiger partial charge is 0.487 e. The number of furan rings is 1. The fraction of sp³-hybridized carbons (Fsp3) is 0.0968. The van der Waals surface area contributed by atoms with E-state index in [1.165, 1.54) is 21.9 Å². The zero-order valence-electron chi connectivity index (χ0n) is 22.9. The molecule has 0 saturated carbocycles. The van der Waals surface area contributed by atoms with Crippen molar-refractivity contribution in [1.82, 2.24) is 24.4 Å². The molecule has 3 aromatic carbocycles. The van der Waals surface area contributed by atoms with Crippen molar-refractivity contribution in [2.24, 2.45) is 0 Å². The first-order valence-corrected chi connectivity index (χ1v) is 14.2. The number of benzene rings is 3. The van der Waals surface area contributed by atoms with E-state index in [1.807, 2.05) is 61.5 Å². The molecule has 0 radical (unpaired) electrons. The second-order valence-corrected chi connectivity index (χ2v) is 10.7. The van der Waals surface area contributed by atoms with Gasteiger partial charge in [-0.1, -0.05) is 47.7 Å². The van der Waals surface area contributed by atoms with Crippen molar-refractivity contribution in [3.8, 4) is 34.3 Å². The number of aromatic nitrogens is 5. The molecule has 0 unspecified atom stereocenters. The Kier molecular flexibility index (Phi) is 6.32. The minimum atomic E-state index is -0.483. The topological polar surface area (TPSA) is 131 Å². The van der Waals surface area contributed by atoms with Crippen LogP contribution in [0.1, 0.15) is 18.1 Å². The summed E-state index contributed by atoms with van der Waals surface area (Å²) in [6.07, 6.45) is 3.49. The van der Waals surface area contributed by atoms with Crippen LogP contribution in [-0.2, 0) is 0 Å². The van der Waals surface area contributed by atoms with Crippen LogP contribution < -0.4 is 14.8 Å². The lowest BCUT2D eigenvalue weighted by Crippen LogP contribution is -2.23. The second-order valence-electron chi connectivity index (χ2n) is 9.68. The molecule has 0 N–H and O–H groups in total. The highest BCUT2D eigenvalue weighted by molar-refractivity contribution is 7.15. The summed E-state index contributed by atoms with van der Waals surface area (Å²) in [4.78, 5) is 29.9. The molecule has 0 aliphatic rings. The van der Waals surface area contributed by atoms with Crippen molar-refractivity contribution >= 4 is 39.0 Å². The van der Waals surface area contributed by atoms with Crippen molar-refractivity contribution in [3.63, 3.8) is 0 Å². The van der Waals surface area contributed by atoms with Crippen LogP contribution in [0.5, 0.6) is 5.75 Å². The van der Waals surface area contributed by atoms with Gasteiger partial charge in [-0.2, -0.15) is 14.6 Å². The number of rotatable bonds is 7. The maximum Gasteiger partial charge on any atom is 0.311 e. The van der Waals surface area contributed by atoms with Gasteiger partial charge >= 0.3 is 5.69 Å². The third-order valence-electron chi connectivity index (χ3n) is 7.01. The van der Waals surface area contributed by atoms with Gasteiger partial charge < -0.3 is 9.15 Å². The zero-order chi connectivity index (χ0) is 29.7. The molecule has 0 atom stereocenters. The van der Waals surface area contributed by atoms with Crippen LogP contribution in [0.4, 0.5) is 5.69 Å². The van der Waals surface area contributed by atoms with Gasteiger partial charge in [0.2, 0.25) is 10.8 Å². The van der Waals surface area contributed by atoms with Gasteiger partial charge in [-0.15, -0.1) is 5.10 Å². The Balaban J connectivity index is 1.36. The normalized spacial score (nSPS) is 12.0. The average molecular weight is 591 g/mol. The van der Waals surface area contributed by atoms with Gasteiger partial charge in [-0.3, -0.25) is 14.9 Å². The van der Waals surface area contributed by atoms with E-state index in [4.69, 9.17) is 14.3 Å². The zero-order valence-corrected chi connectivity index (χ0v) is 23.7. The Morgan fingerprint density at radius 3 is 2.60 bits per heavy atom. The van der Waals surface area contributed by atoms with E-state index in [0.29, 0.717) is 44.5 Å². The molecule has 11 nitrogen and oxygen atoms in total. The highest BCUT2D eigenvalue weighted by Gasteiger charge is 2.21. The molecule has 0 aliphatic heterocycles. The molecule has 0 aliphatic carbocycles. The number of nitro groups is 1. The minimum Gasteiger partial charge on any atom is -0.487 e. The fourth-order valence-corrected chi connectivity index (χ4v) is 5.87. The molecule has 4 heterocycles. The first kappa shape index (κ1) is 26.3. The van der Waals surface area contributed by atoms with Gasteiger partial charge in [0, 0.05) is 34.3 Å². The third-order valence-corrected chi connectivity index (χ3v) is 7.97. The van der Waals surface area contributed by atoms with Crippen LogP contribution in [0.15, 0.2) is 88.2 Å². The summed E-state index contributed by atoms with van der Waals surface area (Å²) in [6.45, 7) is 3.99. The van der Waals surface area contributed by atoms with Crippen molar-refractivity contribution in [3.05, 3.63) is 115 Å². The van der Waals surface area contributed by atoms with Gasteiger partial charge in [-0.05, 0) is 50.3 Å². The Morgan fingerprint density at radius 1 is 1.07 bits per heavy atom. The first-order chi connectivity index (χ1) is 20.9. The predicted molar refractivity (Wildman–Crippen MR) is 163 cm³/mol. The number of nitrogens with zero attached hydrogens (tertiary/aromatic N) is 6. The number of fused-ring (bicyclic) bond motifs is 2. The lowest BCUT2D eigenvalue weighted by molar-refractivity contribution is -0.385. The molecule has 0 saturated heterocycles. The molecule has 7 aromatic rings. The number of nitro benzene ring substituents is 1. The van der Waals surface area contributed by atoms with Gasteiger partial charge in [0.15, 0.2) is 11.5 Å². The highest BCUT2D eigenvalue weighted by atomic mass is 32.1. The van der Waals surface area contributed by atoms with E-state index in [-0.39, 0.29) is 17.0 Å². The Morgan fingerprint density at radius 2 is 1.86 bits per heavy atom. The van der Waals surface area contributed by atoms with Crippen LogP contribution in [-0.4, -0.2) is 35.9 Å². The summed E-state index contributed by atoms with van der Waals surface area (Å²) in [5.41, 5.74) is 3.46. The summed E-state index contributed by atoms with van der Waals surface area (Å²) >= 11 is 1.19. The highest BCUT2D eigenvalue weighted by Crippen LogP contribution is 2.34. The quantitative estimate of drug-likeness (QED) is 0.174. The molecule has 12 heteroatoms. The molecule has 0 spiro atoms. The van der Waals surface area contributed by atoms with Crippen molar-refractivity contribution in [2.45, 2.75) is 13.8 Å². The smallest absolute Gasteiger partial charge is 0.311 e. The number of para-hydroxylation sites is 2. The number of aryl methyl sites for hydroxylation is 1. The van der Waals surface area contributed by atoms with Crippen LogP contribution >= 0.6 is 11.3 Å². The summed E-state index contributed by atoms with van der Waals surface area (Å²) in [5, 5.41) is 22.0. The fourth-order valence-electron chi connectivity index (χ4n) is 4.97. The maximum atomic E-state index is 13.5. The van der Waals surface area contributed by atoms with E-state index in [0.717, 1.165) is 22.2 Å². The van der Waals surface area contributed by atoms with E-state index < -0.39 is 4.92 Å². The van der Waals surface area contributed by atoms with Crippen LogP contribution in [0.25, 0.3) is 50.5 Å². The number of hydrogen-bond acceptors (Lipinski definition) is 9. The number of thiazole rings is 1. The van der Waals surface area contributed by atoms with Gasteiger partial charge in [0.1, 0.15) is 11.3 Å². The number of ether oxygens (including phenoxy) is 1. The van der Waals surface area contributed by atoms with Crippen molar-refractivity contribution < 1.29 is 14.1 Å². The van der Waals surface area contributed by atoms with Gasteiger partial charge in [-0.25, -0.2) is 4.68 Å².